The molecule has 0 fully saturated rings. The number of sulfonamides is 1. The quantitative estimate of drug-likeness (QED) is 0.780. The number of hydrogen-bond acceptors (Lipinski definition) is 5. The van der Waals surface area contributed by atoms with Gasteiger partial charge in [-0.15, -0.1) is 11.3 Å². The van der Waals surface area contributed by atoms with E-state index >= 15 is 0 Å². The SMILES string of the molecule is Cc1nc2ccc(S(=O)(=O)NC3CC(=O)c4ccccc43)cc2s1. The number of carbonyl (C=O) groups excluding carboxylic acids is 1. The Bertz CT molecular complexity index is 1070. The highest BCUT2D eigenvalue weighted by Gasteiger charge is 2.32. The molecule has 0 saturated heterocycles. The Morgan fingerprint density at radius 2 is 2.00 bits per heavy atom. The van der Waals surface area contributed by atoms with Gasteiger partial charge in [0.1, 0.15) is 0 Å². The van der Waals surface area contributed by atoms with Crippen molar-refractivity contribution in [1.29, 1.82) is 0 Å². The summed E-state index contributed by atoms with van der Waals surface area (Å²) in [6.45, 7) is 1.89. The second kappa shape index (κ2) is 5.47. The van der Waals surface area contributed by atoms with E-state index in [0.29, 0.717) is 5.56 Å². The molecule has 1 aliphatic carbocycles. The molecule has 0 spiro atoms. The molecule has 7 heteroatoms. The van der Waals surface area contributed by atoms with Crippen molar-refractivity contribution in [2.75, 3.05) is 0 Å². The first kappa shape index (κ1) is 15.4. The molecular weight excluding hydrogens is 344 g/mol. The van der Waals surface area contributed by atoms with Gasteiger partial charge in [0, 0.05) is 12.0 Å². The van der Waals surface area contributed by atoms with Crippen LogP contribution in [0.1, 0.15) is 33.4 Å². The average Bonchev–Trinajstić information content (AvgIpc) is 3.06. The van der Waals surface area contributed by atoms with E-state index in [9.17, 15) is 13.2 Å². The summed E-state index contributed by atoms with van der Waals surface area (Å²) in [5.41, 5.74) is 2.12. The molecule has 0 radical (unpaired) electrons. The summed E-state index contributed by atoms with van der Waals surface area (Å²) in [5.74, 6) is -0.0353. The number of rotatable bonds is 3. The minimum Gasteiger partial charge on any atom is -0.294 e. The lowest BCUT2D eigenvalue weighted by molar-refractivity contribution is 0.0988. The fraction of sp³-hybridized carbons (Fsp3) is 0.176. The summed E-state index contributed by atoms with van der Waals surface area (Å²) < 4.78 is 28.9. The van der Waals surface area contributed by atoms with Crippen molar-refractivity contribution in [3.8, 4) is 0 Å². The van der Waals surface area contributed by atoms with Gasteiger partial charge in [0.2, 0.25) is 10.0 Å². The highest BCUT2D eigenvalue weighted by molar-refractivity contribution is 7.89. The Hall–Kier alpha value is -2.09. The Kier molecular flexibility index (Phi) is 3.52. The third-order valence-corrected chi connectivity index (χ3v) is 6.50. The second-order valence-electron chi connectivity index (χ2n) is 5.75. The van der Waals surface area contributed by atoms with Crippen LogP contribution in [0, 0.1) is 6.92 Å². The van der Waals surface area contributed by atoms with Crippen molar-refractivity contribution < 1.29 is 13.2 Å². The predicted molar refractivity (Wildman–Crippen MR) is 92.8 cm³/mol. The number of benzene rings is 2. The number of ketones is 1. The summed E-state index contributed by atoms with van der Waals surface area (Å²) in [5, 5.41) is 0.892. The van der Waals surface area contributed by atoms with Crippen LogP contribution in [0.25, 0.3) is 10.2 Å². The zero-order valence-electron chi connectivity index (χ0n) is 12.8. The normalized spacial score (nSPS) is 17.4. The number of fused-ring (bicyclic) bond motifs is 2. The third-order valence-electron chi connectivity index (χ3n) is 4.10. The summed E-state index contributed by atoms with van der Waals surface area (Å²) in [6.07, 6.45) is 0.153. The van der Waals surface area contributed by atoms with Gasteiger partial charge in [-0.2, -0.15) is 0 Å². The van der Waals surface area contributed by atoms with Gasteiger partial charge in [-0.25, -0.2) is 18.1 Å². The van der Waals surface area contributed by atoms with Gasteiger partial charge in [0.15, 0.2) is 5.78 Å². The summed E-state index contributed by atoms with van der Waals surface area (Å²) in [7, 11) is -3.72. The molecule has 1 N–H and O–H groups in total. The van der Waals surface area contributed by atoms with Crippen LogP contribution in [-0.2, 0) is 10.0 Å². The van der Waals surface area contributed by atoms with Crippen LogP contribution in [0.4, 0.5) is 0 Å². The number of aryl methyl sites for hydroxylation is 1. The van der Waals surface area contributed by atoms with Crippen molar-refractivity contribution >= 4 is 37.4 Å². The zero-order chi connectivity index (χ0) is 16.9. The van der Waals surface area contributed by atoms with Crippen LogP contribution in [0.2, 0.25) is 0 Å². The smallest absolute Gasteiger partial charge is 0.241 e. The molecule has 2 aromatic carbocycles. The standard InChI is InChI=1S/C17H14N2O3S2/c1-10-18-14-7-6-11(8-17(14)23-10)24(21,22)19-15-9-16(20)13-5-3-2-4-12(13)15/h2-8,15,19H,9H2,1H3. The molecule has 5 nitrogen and oxygen atoms in total. The number of Topliss-reactive ketones (excluding diaryl/α,β-unsaturated/α-hetero) is 1. The number of hydrogen-bond donors (Lipinski definition) is 1. The fourth-order valence-corrected chi connectivity index (χ4v) is 5.19. The van der Waals surface area contributed by atoms with Crippen molar-refractivity contribution in [3.63, 3.8) is 0 Å². The lowest BCUT2D eigenvalue weighted by atomic mass is 10.1. The summed E-state index contributed by atoms with van der Waals surface area (Å²) >= 11 is 1.46. The van der Waals surface area contributed by atoms with Crippen molar-refractivity contribution in [2.45, 2.75) is 24.3 Å². The Morgan fingerprint density at radius 1 is 1.21 bits per heavy atom. The molecule has 4 rings (SSSR count). The third kappa shape index (κ3) is 2.54. The first-order valence-corrected chi connectivity index (χ1v) is 9.76. The van der Waals surface area contributed by atoms with E-state index in [0.717, 1.165) is 20.8 Å². The van der Waals surface area contributed by atoms with E-state index in [1.165, 1.54) is 11.3 Å². The molecule has 1 aromatic heterocycles. The van der Waals surface area contributed by atoms with Crippen LogP contribution in [0.15, 0.2) is 47.4 Å². The van der Waals surface area contributed by atoms with Crippen molar-refractivity contribution in [2.24, 2.45) is 0 Å². The summed E-state index contributed by atoms with van der Waals surface area (Å²) in [4.78, 5) is 16.6. The Balaban J connectivity index is 1.69. The van der Waals surface area contributed by atoms with E-state index in [1.807, 2.05) is 13.0 Å². The monoisotopic (exact) mass is 358 g/mol. The van der Waals surface area contributed by atoms with E-state index in [4.69, 9.17) is 0 Å². The number of thiazole rings is 1. The van der Waals surface area contributed by atoms with Crippen LogP contribution < -0.4 is 4.72 Å². The van der Waals surface area contributed by atoms with Crippen LogP contribution in [-0.4, -0.2) is 19.2 Å². The molecule has 0 aliphatic heterocycles. The molecule has 0 bridgehead atoms. The van der Waals surface area contributed by atoms with Gasteiger partial charge in [-0.05, 0) is 30.7 Å². The molecular formula is C17H14N2O3S2. The second-order valence-corrected chi connectivity index (χ2v) is 8.70. The maximum absolute atomic E-state index is 12.7. The number of carbonyl (C=O) groups is 1. The first-order chi connectivity index (χ1) is 11.4. The average molecular weight is 358 g/mol. The van der Waals surface area contributed by atoms with Crippen LogP contribution >= 0.6 is 11.3 Å². The lowest BCUT2D eigenvalue weighted by Gasteiger charge is -2.13. The van der Waals surface area contributed by atoms with Crippen LogP contribution in [0.3, 0.4) is 0 Å². The van der Waals surface area contributed by atoms with Gasteiger partial charge in [-0.3, -0.25) is 4.79 Å². The summed E-state index contributed by atoms with van der Waals surface area (Å²) in [6, 6.07) is 11.5. The highest BCUT2D eigenvalue weighted by atomic mass is 32.2. The highest BCUT2D eigenvalue weighted by Crippen LogP contribution is 2.32. The molecule has 0 saturated carbocycles. The van der Waals surface area contributed by atoms with Gasteiger partial charge in [0.25, 0.3) is 0 Å². The molecule has 122 valence electrons. The molecule has 3 aromatic rings. The largest absolute Gasteiger partial charge is 0.294 e. The number of nitrogens with one attached hydrogen (secondary N) is 1. The predicted octanol–water partition coefficient (Wildman–Crippen LogP) is 3.21. The Labute approximate surface area is 143 Å². The van der Waals surface area contributed by atoms with Crippen molar-refractivity contribution in [3.05, 3.63) is 58.6 Å². The van der Waals surface area contributed by atoms with Gasteiger partial charge in [0.05, 0.1) is 26.2 Å². The van der Waals surface area contributed by atoms with Gasteiger partial charge in [-0.1, -0.05) is 24.3 Å². The van der Waals surface area contributed by atoms with Gasteiger partial charge < -0.3 is 0 Å². The topological polar surface area (TPSA) is 76.1 Å². The number of aromatic nitrogens is 1. The zero-order valence-corrected chi connectivity index (χ0v) is 14.4. The maximum atomic E-state index is 12.7. The Morgan fingerprint density at radius 3 is 2.83 bits per heavy atom. The van der Waals surface area contributed by atoms with E-state index in [1.54, 1.807) is 36.4 Å². The molecule has 1 atom stereocenters. The maximum Gasteiger partial charge on any atom is 0.241 e. The van der Waals surface area contributed by atoms with E-state index in [-0.39, 0.29) is 17.1 Å². The van der Waals surface area contributed by atoms with Gasteiger partial charge >= 0.3 is 0 Å². The van der Waals surface area contributed by atoms with Crippen LogP contribution in [0.5, 0.6) is 0 Å². The van der Waals surface area contributed by atoms with Crippen molar-refractivity contribution in [1.82, 2.24) is 9.71 Å². The number of nitrogens with zero attached hydrogens (tertiary/aromatic N) is 1. The first-order valence-electron chi connectivity index (χ1n) is 7.46. The minimum absolute atomic E-state index is 0.0353. The molecule has 0 amide bonds. The lowest BCUT2D eigenvalue weighted by Crippen LogP contribution is -2.27. The van der Waals surface area contributed by atoms with E-state index in [2.05, 4.69) is 9.71 Å². The molecule has 24 heavy (non-hydrogen) atoms. The molecule has 1 unspecified atom stereocenters. The molecule has 1 aliphatic rings. The minimum atomic E-state index is -3.72. The molecule has 1 heterocycles. The van der Waals surface area contributed by atoms with E-state index < -0.39 is 16.1 Å². The fourth-order valence-electron chi connectivity index (χ4n) is 3.01.